The molecule has 0 saturated heterocycles. The van der Waals surface area contributed by atoms with Gasteiger partial charge in [-0.15, -0.1) is 0 Å². The quantitative estimate of drug-likeness (QED) is 0.775. The van der Waals surface area contributed by atoms with Crippen molar-refractivity contribution in [3.05, 3.63) is 29.6 Å². The van der Waals surface area contributed by atoms with Crippen molar-refractivity contribution in [1.29, 1.82) is 0 Å². The average molecular weight is 303 g/mol. The maximum atomic E-state index is 14.0. The van der Waals surface area contributed by atoms with Crippen LogP contribution in [-0.4, -0.2) is 26.9 Å². The minimum Gasteiger partial charge on any atom is -0.475 e. The molecule has 8 heteroatoms. The van der Waals surface area contributed by atoms with E-state index in [0.717, 1.165) is 12.0 Å². The number of ether oxygens (including phenoxy) is 1. The summed E-state index contributed by atoms with van der Waals surface area (Å²) < 4.78 is 24.1. The molecule has 2 heterocycles. The molecule has 1 aromatic carbocycles. The highest BCUT2D eigenvalue weighted by molar-refractivity contribution is 5.71. The van der Waals surface area contributed by atoms with Crippen LogP contribution in [0.15, 0.2) is 22.8 Å². The molecular formula is C14H14FN5O2. The van der Waals surface area contributed by atoms with E-state index >= 15 is 0 Å². The van der Waals surface area contributed by atoms with E-state index in [1.54, 1.807) is 12.1 Å². The largest absolute Gasteiger partial charge is 0.475 e. The maximum Gasteiger partial charge on any atom is 0.260 e. The molecule has 0 aliphatic carbocycles. The van der Waals surface area contributed by atoms with Crippen molar-refractivity contribution in [2.45, 2.75) is 20.3 Å². The third-order valence-corrected chi connectivity index (χ3v) is 2.90. The van der Waals surface area contributed by atoms with Gasteiger partial charge in [-0.2, -0.15) is 9.97 Å². The fraction of sp³-hybridized carbons (Fsp3) is 0.286. The van der Waals surface area contributed by atoms with Crippen molar-refractivity contribution >= 4 is 22.8 Å². The van der Waals surface area contributed by atoms with Crippen molar-refractivity contribution in [3.63, 3.8) is 0 Å². The molecule has 0 fully saturated rings. The Morgan fingerprint density at radius 1 is 1.23 bits per heavy atom. The Bertz CT molecular complexity index is 805. The molecule has 22 heavy (non-hydrogen) atoms. The van der Waals surface area contributed by atoms with Gasteiger partial charge in [0.2, 0.25) is 11.3 Å². The maximum absolute atomic E-state index is 14.0. The van der Waals surface area contributed by atoms with Crippen LogP contribution in [0.25, 0.3) is 11.3 Å². The van der Waals surface area contributed by atoms with Crippen LogP contribution >= 0.6 is 0 Å². The zero-order chi connectivity index (χ0) is 15.5. The van der Waals surface area contributed by atoms with E-state index in [9.17, 15) is 4.39 Å². The fourth-order valence-electron chi connectivity index (χ4n) is 1.85. The summed E-state index contributed by atoms with van der Waals surface area (Å²) in [6.45, 7) is 4.24. The lowest BCUT2D eigenvalue weighted by molar-refractivity contribution is 0.304. The predicted octanol–water partition coefficient (Wildman–Crippen LogP) is 2.99. The lowest BCUT2D eigenvalue weighted by atomic mass is 10.2. The number of nitrogens with zero attached hydrogens (tertiary/aromatic N) is 4. The Balaban J connectivity index is 1.99. The summed E-state index contributed by atoms with van der Waals surface area (Å²) in [7, 11) is 0. The standard InChI is InChI=1S/C14H14FN5O2/c1-3-6-21-14-13(17-11-12(18-14)20-22-19-11)16-10-5-4-8(2)7-9(10)15/h4-5,7H,3,6H2,1-2H3,(H,16,17,19). The van der Waals surface area contributed by atoms with E-state index in [1.165, 1.54) is 6.07 Å². The van der Waals surface area contributed by atoms with Crippen LogP contribution in [0.4, 0.5) is 15.9 Å². The van der Waals surface area contributed by atoms with Crippen LogP contribution in [0, 0.1) is 12.7 Å². The van der Waals surface area contributed by atoms with Crippen molar-refractivity contribution in [3.8, 4) is 5.88 Å². The molecule has 0 aliphatic rings. The third kappa shape index (κ3) is 2.80. The third-order valence-electron chi connectivity index (χ3n) is 2.90. The number of benzene rings is 1. The fourth-order valence-corrected chi connectivity index (χ4v) is 1.85. The minimum absolute atomic E-state index is 0.221. The van der Waals surface area contributed by atoms with Gasteiger partial charge in [-0.25, -0.2) is 9.02 Å². The molecule has 0 bridgehead atoms. The number of fused-ring (bicyclic) bond motifs is 1. The van der Waals surface area contributed by atoms with Crippen LogP contribution in [-0.2, 0) is 0 Å². The van der Waals surface area contributed by atoms with Crippen molar-refractivity contribution in [2.75, 3.05) is 11.9 Å². The van der Waals surface area contributed by atoms with Crippen LogP contribution in [0.3, 0.4) is 0 Å². The average Bonchev–Trinajstić information content (AvgIpc) is 2.94. The molecule has 0 atom stereocenters. The number of aromatic nitrogens is 4. The van der Waals surface area contributed by atoms with Gasteiger partial charge in [-0.3, -0.25) is 0 Å². The van der Waals surface area contributed by atoms with Gasteiger partial charge in [0.15, 0.2) is 5.82 Å². The number of halogens is 1. The zero-order valence-electron chi connectivity index (χ0n) is 12.1. The summed E-state index contributed by atoms with van der Waals surface area (Å²) in [5.74, 6) is 0.103. The van der Waals surface area contributed by atoms with E-state index in [0.29, 0.717) is 6.61 Å². The van der Waals surface area contributed by atoms with Crippen molar-refractivity contribution < 1.29 is 13.8 Å². The highest BCUT2D eigenvalue weighted by Crippen LogP contribution is 2.27. The van der Waals surface area contributed by atoms with E-state index in [1.807, 2.05) is 13.8 Å². The van der Waals surface area contributed by atoms with E-state index in [2.05, 4.69) is 30.2 Å². The Labute approximate surface area is 125 Å². The number of hydrogen-bond acceptors (Lipinski definition) is 7. The summed E-state index contributed by atoms with van der Waals surface area (Å²) in [5, 5.41) is 10.1. The molecule has 0 radical (unpaired) electrons. The first-order valence-corrected chi connectivity index (χ1v) is 6.83. The molecule has 3 rings (SSSR count). The number of hydrogen-bond donors (Lipinski definition) is 1. The van der Waals surface area contributed by atoms with Gasteiger partial charge in [-0.1, -0.05) is 13.0 Å². The van der Waals surface area contributed by atoms with Crippen molar-refractivity contribution in [2.24, 2.45) is 0 Å². The molecule has 1 N–H and O–H groups in total. The molecule has 7 nitrogen and oxygen atoms in total. The Kier molecular flexibility index (Phi) is 3.82. The first-order chi connectivity index (χ1) is 10.7. The van der Waals surface area contributed by atoms with Gasteiger partial charge in [-0.05, 0) is 41.4 Å². The molecule has 2 aromatic heterocycles. The Morgan fingerprint density at radius 3 is 2.73 bits per heavy atom. The summed E-state index contributed by atoms with van der Waals surface area (Å²) in [6.07, 6.45) is 0.801. The lowest BCUT2D eigenvalue weighted by Crippen LogP contribution is -2.05. The van der Waals surface area contributed by atoms with Gasteiger partial charge < -0.3 is 10.1 Å². The summed E-state index contributed by atoms with van der Waals surface area (Å²) in [6, 6.07) is 4.85. The SMILES string of the molecule is CCCOc1nc2nonc2nc1Nc1ccc(C)cc1F. The molecule has 0 unspecified atom stereocenters. The second kappa shape index (κ2) is 5.92. The lowest BCUT2D eigenvalue weighted by Gasteiger charge is -2.11. The summed E-state index contributed by atoms with van der Waals surface area (Å²) in [5.41, 5.74) is 1.56. The van der Waals surface area contributed by atoms with E-state index < -0.39 is 0 Å². The molecule has 0 aliphatic heterocycles. The summed E-state index contributed by atoms with van der Waals surface area (Å²) >= 11 is 0. The number of rotatable bonds is 5. The van der Waals surface area contributed by atoms with Gasteiger partial charge >= 0.3 is 0 Å². The molecule has 0 spiro atoms. The van der Waals surface area contributed by atoms with Crippen LogP contribution < -0.4 is 10.1 Å². The van der Waals surface area contributed by atoms with Gasteiger partial charge in [0.25, 0.3) is 5.88 Å². The van der Waals surface area contributed by atoms with Gasteiger partial charge in [0, 0.05) is 0 Å². The zero-order valence-corrected chi connectivity index (χ0v) is 12.1. The first-order valence-electron chi connectivity index (χ1n) is 6.83. The monoisotopic (exact) mass is 303 g/mol. The van der Waals surface area contributed by atoms with E-state index in [-0.39, 0.29) is 34.5 Å². The molecule has 114 valence electrons. The number of nitrogens with one attached hydrogen (secondary N) is 1. The number of aryl methyl sites for hydroxylation is 1. The summed E-state index contributed by atoms with van der Waals surface area (Å²) in [4.78, 5) is 8.39. The molecule has 3 aromatic rings. The molecular weight excluding hydrogens is 289 g/mol. The Hall–Kier alpha value is -2.77. The smallest absolute Gasteiger partial charge is 0.260 e. The number of anilines is 2. The topological polar surface area (TPSA) is 86.0 Å². The normalized spacial score (nSPS) is 10.9. The highest BCUT2D eigenvalue weighted by atomic mass is 19.1. The van der Waals surface area contributed by atoms with Crippen LogP contribution in [0.1, 0.15) is 18.9 Å². The van der Waals surface area contributed by atoms with E-state index in [4.69, 9.17) is 4.74 Å². The van der Waals surface area contributed by atoms with Crippen LogP contribution in [0.5, 0.6) is 5.88 Å². The van der Waals surface area contributed by atoms with Gasteiger partial charge in [0.05, 0.1) is 12.3 Å². The van der Waals surface area contributed by atoms with Crippen LogP contribution in [0.2, 0.25) is 0 Å². The second-order valence-electron chi connectivity index (χ2n) is 4.75. The first kappa shape index (κ1) is 14.2. The Morgan fingerprint density at radius 2 is 2.00 bits per heavy atom. The molecule has 0 amide bonds. The second-order valence-corrected chi connectivity index (χ2v) is 4.75. The molecule has 0 saturated carbocycles. The van der Waals surface area contributed by atoms with Crippen molar-refractivity contribution in [1.82, 2.24) is 20.3 Å². The van der Waals surface area contributed by atoms with Gasteiger partial charge in [0.1, 0.15) is 5.82 Å². The minimum atomic E-state index is -0.387. The predicted molar refractivity (Wildman–Crippen MR) is 77.6 cm³/mol. The highest BCUT2D eigenvalue weighted by Gasteiger charge is 2.15.